The molecule has 0 aromatic rings. The van der Waals surface area contributed by atoms with Crippen LogP contribution in [-0.2, 0) is 4.79 Å². The molecule has 0 bridgehead atoms. The maximum atomic E-state index is 10.9. The number of aliphatic carboxylic acids is 1. The summed E-state index contributed by atoms with van der Waals surface area (Å²) >= 11 is 1.91. The van der Waals surface area contributed by atoms with Crippen LogP contribution in [0.25, 0.3) is 0 Å². The summed E-state index contributed by atoms with van der Waals surface area (Å²) in [6.45, 7) is 3.36. The highest BCUT2D eigenvalue weighted by Crippen LogP contribution is 2.34. The van der Waals surface area contributed by atoms with Crippen molar-refractivity contribution in [3.63, 3.8) is 0 Å². The van der Waals surface area contributed by atoms with Gasteiger partial charge in [0.25, 0.3) is 0 Å². The van der Waals surface area contributed by atoms with Gasteiger partial charge in [0.05, 0.1) is 6.42 Å². The van der Waals surface area contributed by atoms with Gasteiger partial charge >= 0.3 is 5.97 Å². The van der Waals surface area contributed by atoms with Crippen LogP contribution in [0.5, 0.6) is 0 Å². The molecule has 2 fully saturated rings. The summed E-state index contributed by atoms with van der Waals surface area (Å²) in [7, 11) is 0. The Hall–Kier alpha value is -0.220. The molecule has 0 radical (unpaired) electrons. The van der Waals surface area contributed by atoms with Crippen LogP contribution in [0.15, 0.2) is 0 Å². The molecule has 2 rings (SSSR count). The number of carbonyl (C=O) groups is 1. The van der Waals surface area contributed by atoms with Crippen LogP contribution in [0.2, 0.25) is 0 Å². The molecule has 0 amide bonds. The fourth-order valence-electron chi connectivity index (χ4n) is 3.25. The highest BCUT2D eigenvalue weighted by Gasteiger charge is 2.34. The second-order valence-corrected chi connectivity index (χ2v) is 6.46. The Labute approximate surface area is 108 Å². The fraction of sp³-hybridized carbons (Fsp3) is 0.923. The normalized spacial score (nSPS) is 35.0. The summed E-state index contributed by atoms with van der Waals surface area (Å²) in [4.78, 5) is 13.4. The van der Waals surface area contributed by atoms with E-state index in [-0.39, 0.29) is 6.04 Å². The Morgan fingerprint density at radius 1 is 1.47 bits per heavy atom. The van der Waals surface area contributed by atoms with Gasteiger partial charge in [0, 0.05) is 30.1 Å². The second kappa shape index (κ2) is 6.10. The lowest BCUT2D eigenvalue weighted by Gasteiger charge is -2.39. The first-order valence-corrected chi connectivity index (χ1v) is 7.91. The first kappa shape index (κ1) is 13.2. The van der Waals surface area contributed by atoms with Crippen molar-refractivity contribution < 1.29 is 9.90 Å². The van der Waals surface area contributed by atoms with Crippen molar-refractivity contribution in [2.24, 2.45) is 5.92 Å². The number of hydrogen-bond donors (Lipinski definition) is 1. The first-order valence-electron chi connectivity index (χ1n) is 6.76. The minimum Gasteiger partial charge on any atom is -0.481 e. The van der Waals surface area contributed by atoms with E-state index < -0.39 is 5.97 Å². The SMILES string of the molecule is CCC1CCC(N2CCSCC2CC(=O)O)C1. The van der Waals surface area contributed by atoms with Crippen LogP contribution in [0.4, 0.5) is 0 Å². The predicted molar refractivity (Wildman–Crippen MR) is 71.5 cm³/mol. The van der Waals surface area contributed by atoms with Crippen LogP contribution >= 0.6 is 11.8 Å². The zero-order valence-electron chi connectivity index (χ0n) is 10.6. The zero-order valence-corrected chi connectivity index (χ0v) is 11.4. The van der Waals surface area contributed by atoms with Gasteiger partial charge in [-0.25, -0.2) is 0 Å². The minimum absolute atomic E-state index is 0.270. The van der Waals surface area contributed by atoms with Crippen LogP contribution in [0.3, 0.4) is 0 Å². The van der Waals surface area contributed by atoms with E-state index in [1.807, 2.05) is 11.8 Å². The van der Waals surface area contributed by atoms with Gasteiger partial charge in [-0.15, -0.1) is 0 Å². The van der Waals surface area contributed by atoms with Crippen LogP contribution < -0.4 is 0 Å². The van der Waals surface area contributed by atoms with E-state index in [4.69, 9.17) is 5.11 Å². The molecular formula is C13H23NO2S. The third-order valence-electron chi connectivity index (χ3n) is 4.24. The average molecular weight is 257 g/mol. The average Bonchev–Trinajstić information content (AvgIpc) is 2.77. The Kier molecular flexibility index (Phi) is 4.74. The van der Waals surface area contributed by atoms with Crippen molar-refractivity contribution in [1.29, 1.82) is 0 Å². The van der Waals surface area contributed by atoms with Crippen molar-refractivity contribution in [3.05, 3.63) is 0 Å². The van der Waals surface area contributed by atoms with Gasteiger partial charge in [-0.2, -0.15) is 11.8 Å². The van der Waals surface area contributed by atoms with Gasteiger partial charge in [-0.3, -0.25) is 9.69 Å². The first-order chi connectivity index (χ1) is 8.20. The van der Waals surface area contributed by atoms with E-state index in [1.54, 1.807) is 0 Å². The maximum Gasteiger partial charge on any atom is 0.304 e. The van der Waals surface area contributed by atoms with Crippen LogP contribution in [0.1, 0.15) is 39.0 Å². The molecule has 1 saturated heterocycles. The third-order valence-corrected chi connectivity index (χ3v) is 5.33. The summed E-state index contributed by atoms with van der Waals surface area (Å²) in [5.74, 6) is 2.40. The van der Waals surface area contributed by atoms with E-state index in [9.17, 15) is 4.79 Å². The molecule has 0 spiro atoms. The highest BCUT2D eigenvalue weighted by atomic mass is 32.2. The minimum atomic E-state index is -0.646. The maximum absolute atomic E-state index is 10.9. The van der Waals surface area contributed by atoms with Crippen molar-refractivity contribution >= 4 is 17.7 Å². The molecule has 0 aromatic carbocycles. The number of nitrogens with zero attached hydrogens (tertiary/aromatic N) is 1. The molecule has 17 heavy (non-hydrogen) atoms. The lowest BCUT2D eigenvalue weighted by molar-refractivity contribution is -0.138. The lowest BCUT2D eigenvalue weighted by Crippen LogP contribution is -2.48. The molecule has 3 unspecified atom stereocenters. The molecule has 3 nitrogen and oxygen atoms in total. The molecular weight excluding hydrogens is 234 g/mol. The summed E-state index contributed by atoms with van der Waals surface area (Å²) in [6, 6.07) is 0.928. The van der Waals surface area contributed by atoms with Crippen molar-refractivity contribution in [2.45, 2.75) is 51.1 Å². The summed E-state index contributed by atoms with van der Waals surface area (Å²) in [6.07, 6.45) is 5.50. The summed E-state index contributed by atoms with van der Waals surface area (Å²) in [5, 5.41) is 8.99. The van der Waals surface area contributed by atoms with Gasteiger partial charge in [-0.05, 0) is 25.2 Å². The molecule has 1 heterocycles. The number of carboxylic acids is 1. The van der Waals surface area contributed by atoms with E-state index in [2.05, 4.69) is 11.8 Å². The van der Waals surface area contributed by atoms with E-state index >= 15 is 0 Å². The molecule has 1 aliphatic carbocycles. The van der Waals surface area contributed by atoms with Gasteiger partial charge in [0.2, 0.25) is 0 Å². The molecule has 2 aliphatic rings. The molecule has 98 valence electrons. The number of rotatable bonds is 4. The number of hydrogen-bond acceptors (Lipinski definition) is 3. The summed E-state index contributed by atoms with van der Waals surface area (Å²) < 4.78 is 0. The van der Waals surface area contributed by atoms with Gasteiger partial charge in [0.1, 0.15) is 0 Å². The van der Waals surface area contributed by atoms with Crippen LogP contribution in [-0.4, -0.2) is 46.1 Å². The number of carboxylic acid groups (broad SMARTS) is 1. The van der Waals surface area contributed by atoms with Gasteiger partial charge in [0.15, 0.2) is 0 Å². The lowest BCUT2D eigenvalue weighted by atomic mass is 10.0. The quantitative estimate of drug-likeness (QED) is 0.840. The number of thioether (sulfide) groups is 1. The van der Waals surface area contributed by atoms with E-state index in [0.29, 0.717) is 12.5 Å². The smallest absolute Gasteiger partial charge is 0.304 e. The van der Waals surface area contributed by atoms with Crippen molar-refractivity contribution in [2.75, 3.05) is 18.1 Å². The molecule has 1 aliphatic heterocycles. The molecule has 1 saturated carbocycles. The zero-order chi connectivity index (χ0) is 12.3. The molecule has 4 heteroatoms. The topological polar surface area (TPSA) is 40.5 Å². The van der Waals surface area contributed by atoms with Crippen molar-refractivity contribution in [3.8, 4) is 0 Å². The van der Waals surface area contributed by atoms with Gasteiger partial charge < -0.3 is 5.11 Å². The fourth-order valence-corrected chi connectivity index (χ4v) is 4.33. The van der Waals surface area contributed by atoms with E-state index in [0.717, 1.165) is 18.2 Å². The summed E-state index contributed by atoms with van der Waals surface area (Å²) in [5.41, 5.74) is 0. The van der Waals surface area contributed by atoms with Gasteiger partial charge in [-0.1, -0.05) is 13.3 Å². The Morgan fingerprint density at radius 3 is 2.94 bits per heavy atom. The monoisotopic (exact) mass is 257 g/mol. The second-order valence-electron chi connectivity index (χ2n) is 5.31. The van der Waals surface area contributed by atoms with Crippen molar-refractivity contribution in [1.82, 2.24) is 4.90 Å². The molecule has 1 N–H and O–H groups in total. The van der Waals surface area contributed by atoms with E-state index in [1.165, 1.54) is 31.4 Å². The van der Waals surface area contributed by atoms with Crippen LogP contribution in [0, 0.1) is 5.92 Å². The Balaban J connectivity index is 1.94. The highest BCUT2D eigenvalue weighted by molar-refractivity contribution is 7.99. The Bertz CT molecular complexity index is 272. The molecule has 0 aromatic heterocycles. The molecule has 3 atom stereocenters. The predicted octanol–water partition coefficient (Wildman–Crippen LogP) is 2.46. The standard InChI is InChI=1S/C13H23NO2S/c1-2-10-3-4-11(7-10)14-5-6-17-9-12(14)8-13(15)16/h10-12H,2-9H2,1H3,(H,15,16). The largest absolute Gasteiger partial charge is 0.481 e. The third kappa shape index (κ3) is 3.38. The Morgan fingerprint density at radius 2 is 2.29 bits per heavy atom.